The summed E-state index contributed by atoms with van der Waals surface area (Å²) >= 11 is 4.07. The van der Waals surface area contributed by atoms with Crippen molar-refractivity contribution < 1.29 is 4.92 Å². The van der Waals surface area contributed by atoms with Crippen LogP contribution in [0.3, 0.4) is 0 Å². The summed E-state index contributed by atoms with van der Waals surface area (Å²) in [4.78, 5) is 13.7. The maximum Gasteiger partial charge on any atom is 0.383 e. The lowest BCUT2D eigenvalue weighted by molar-refractivity contribution is -0.389. The van der Waals surface area contributed by atoms with Gasteiger partial charge in [0.25, 0.3) is 5.16 Å². The van der Waals surface area contributed by atoms with Gasteiger partial charge >= 0.3 is 5.82 Å². The Hall–Kier alpha value is -1.82. The van der Waals surface area contributed by atoms with Gasteiger partial charge in [-0.3, -0.25) is 4.57 Å². The number of aromatic nitrogens is 2. The maximum atomic E-state index is 10.5. The lowest BCUT2D eigenvalue weighted by atomic mass is 10.3. The number of benzene rings is 1. The van der Waals surface area contributed by atoms with Gasteiger partial charge in [-0.1, -0.05) is 30.8 Å². The zero-order valence-electron chi connectivity index (χ0n) is 7.57. The Balaban J connectivity index is 2.50. The molecule has 1 aromatic heterocycles. The molecule has 0 unspecified atom stereocenters. The van der Waals surface area contributed by atoms with Gasteiger partial charge in [0, 0.05) is 5.69 Å². The molecule has 76 valence electrons. The van der Waals surface area contributed by atoms with E-state index < -0.39 is 4.92 Å². The summed E-state index contributed by atoms with van der Waals surface area (Å²) in [5.74, 6) is -0.205. The highest BCUT2D eigenvalue weighted by Gasteiger charge is 2.16. The van der Waals surface area contributed by atoms with Gasteiger partial charge in [-0.05, 0) is 22.0 Å². The number of hydrogen-bond acceptors (Lipinski definition) is 4. The van der Waals surface area contributed by atoms with E-state index in [4.69, 9.17) is 0 Å². The third kappa shape index (κ3) is 1.84. The van der Waals surface area contributed by atoms with Crippen LogP contribution in [0.1, 0.15) is 0 Å². The van der Waals surface area contributed by atoms with Gasteiger partial charge in [-0.25, -0.2) is 0 Å². The van der Waals surface area contributed by atoms with E-state index in [-0.39, 0.29) is 5.82 Å². The smallest absolute Gasteiger partial charge is 0.358 e. The Morgan fingerprint density at radius 3 is 2.53 bits per heavy atom. The Kier molecular flexibility index (Phi) is 2.42. The number of para-hydroxylation sites is 1. The van der Waals surface area contributed by atoms with Crippen molar-refractivity contribution in [3.8, 4) is 5.69 Å². The molecule has 1 heterocycles. The largest absolute Gasteiger partial charge is 0.383 e. The first kappa shape index (κ1) is 9.72. The first-order chi connectivity index (χ1) is 7.18. The van der Waals surface area contributed by atoms with Crippen LogP contribution < -0.4 is 0 Å². The summed E-state index contributed by atoms with van der Waals surface area (Å²) in [5, 5.41) is 10.8. The quantitative estimate of drug-likeness (QED) is 0.479. The standard InChI is InChI=1S/C9H7N3O2S/c13-12(14)8-6-11(9(15)10-8)7-4-2-1-3-5-7/h1-6H,(H,10,15). The molecule has 0 saturated carbocycles. The predicted octanol–water partition coefficient (Wildman–Crippen LogP) is 2.07. The summed E-state index contributed by atoms with van der Waals surface area (Å²) in [6, 6.07) is 9.20. The van der Waals surface area contributed by atoms with Gasteiger partial charge in [0.2, 0.25) is 0 Å². The van der Waals surface area contributed by atoms with E-state index in [0.29, 0.717) is 5.16 Å². The maximum absolute atomic E-state index is 10.5. The molecule has 2 rings (SSSR count). The highest BCUT2D eigenvalue weighted by Crippen LogP contribution is 2.18. The Labute approximate surface area is 90.9 Å². The Morgan fingerprint density at radius 2 is 2.00 bits per heavy atom. The molecule has 2 aromatic rings. The van der Waals surface area contributed by atoms with Crippen LogP contribution in [0, 0.1) is 10.1 Å². The molecule has 1 aromatic carbocycles. The van der Waals surface area contributed by atoms with Crippen molar-refractivity contribution in [2.45, 2.75) is 5.16 Å². The van der Waals surface area contributed by atoms with E-state index in [1.807, 2.05) is 30.3 Å². The number of nitro groups is 1. The number of nitrogens with zero attached hydrogens (tertiary/aromatic N) is 3. The van der Waals surface area contributed by atoms with E-state index in [9.17, 15) is 10.1 Å². The minimum Gasteiger partial charge on any atom is -0.358 e. The number of rotatable bonds is 2. The van der Waals surface area contributed by atoms with Crippen LogP contribution in [0.2, 0.25) is 0 Å². The molecule has 0 radical (unpaired) electrons. The SMILES string of the molecule is O=[N+]([O-])c1cn(-c2ccccc2)c(S)n1. The molecule has 0 aliphatic rings. The van der Waals surface area contributed by atoms with Crippen molar-refractivity contribution in [1.82, 2.24) is 9.55 Å². The van der Waals surface area contributed by atoms with Crippen LogP contribution in [0.15, 0.2) is 41.7 Å². The van der Waals surface area contributed by atoms with Gasteiger partial charge in [0.05, 0.1) is 0 Å². The van der Waals surface area contributed by atoms with Crippen molar-refractivity contribution in [3.63, 3.8) is 0 Å². The summed E-state index contributed by atoms with van der Waals surface area (Å²) in [5.41, 5.74) is 0.795. The Morgan fingerprint density at radius 1 is 1.33 bits per heavy atom. The highest BCUT2D eigenvalue weighted by molar-refractivity contribution is 7.80. The monoisotopic (exact) mass is 221 g/mol. The van der Waals surface area contributed by atoms with E-state index >= 15 is 0 Å². The molecule has 0 N–H and O–H groups in total. The summed E-state index contributed by atoms with van der Waals surface area (Å²) < 4.78 is 1.56. The van der Waals surface area contributed by atoms with E-state index in [1.165, 1.54) is 6.20 Å². The second kappa shape index (κ2) is 3.74. The van der Waals surface area contributed by atoms with Crippen molar-refractivity contribution in [1.29, 1.82) is 0 Å². The van der Waals surface area contributed by atoms with E-state index in [1.54, 1.807) is 4.57 Å². The molecule has 0 fully saturated rings. The van der Waals surface area contributed by atoms with E-state index in [0.717, 1.165) is 5.69 Å². The molecule has 0 bridgehead atoms. The second-order valence-corrected chi connectivity index (χ2v) is 3.26. The zero-order valence-corrected chi connectivity index (χ0v) is 8.46. The molecule has 0 amide bonds. The molecule has 0 atom stereocenters. The minimum atomic E-state index is -0.542. The molecule has 0 aliphatic heterocycles. The van der Waals surface area contributed by atoms with Gasteiger partial charge in [0.15, 0.2) is 0 Å². The molecule has 15 heavy (non-hydrogen) atoms. The van der Waals surface area contributed by atoms with Crippen molar-refractivity contribution in [3.05, 3.63) is 46.6 Å². The minimum absolute atomic E-state index is 0.205. The molecule has 5 nitrogen and oxygen atoms in total. The third-order valence-corrected chi connectivity index (χ3v) is 2.21. The fraction of sp³-hybridized carbons (Fsp3) is 0. The van der Waals surface area contributed by atoms with E-state index in [2.05, 4.69) is 17.6 Å². The first-order valence-corrected chi connectivity index (χ1v) is 4.61. The first-order valence-electron chi connectivity index (χ1n) is 4.16. The average Bonchev–Trinajstić information content (AvgIpc) is 2.62. The topological polar surface area (TPSA) is 61.0 Å². The zero-order chi connectivity index (χ0) is 10.8. The highest BCUT2D eigenvalue weighted by atomic mass is 32.1. The van der Waals surface area contributed by atoms with Gasteiger partial charge in [0.1, 0.15) is 6.20 Å². The second-order valence-electron chi connectivity index (χ2n) is 2.86. The average molecular weight is 221 g/mol. The summed E-state index contributed by atoms with van der Waals surface area (Å²) in [7, 11) is 0. The molecular weight excluding hydrogens is 214 g/mol. The van der Waals surface area contributed by atoms with Gasteiger partial charge < -0.3 is 10.1 Å². The molecular formula is C9H7N3O2S. The Bertz CT molecular complexity index is 495. The van der Waals surface area contributed by atoms with Crippen molar-refractivity contribution in [2.75, 3.05) is 0 Å². The van der Waals surface area contributed by atoms with Crippen LogP contribution in [-0.2, 0) is 0 Å². The summed E-state index contributed by atoms with van der Waals surface area (Å²) in [6.07, 6.45) is 1.34. The van der Waals surface area contributed by atoms with Crippen LogP contribution in [0.4, 0.5) is 5.82 Å². The van der Waals surface area contributed by atoms with Gasteiger partial charge in [-0.2, -0.15) is 0 Å². The number of hydrogen-bond donors (Lipinski definition) is 1. The molecule has 0 aliphatic carbocycles. The van der Waals surface area contributed by atoms with Gasteiger partial charge in [-0.15, -0.1) is 0 Å². The molecule has 0 spiro atoms. The fourth-order valence-electron chi connectivity index (χ4n) is 1.22. The number of thiol groups is 1. The van der Waals surface area contributed by atoms with Crippen LogP contribution in [0.5, 0.6) is 0 Å². The number of imidazole rings is 1. The third-order valence-electron chi connectivity index (χ3n) is 1.90. The molecule has 6 heteroatoms. The normalized spacial score (nSPS) is 10.2. The lowest BCUT2D eigenvalue weighted by Gasteiger charge is -1.99. The van der Waals surface area contributed by atoms with Crippen LogP contribution in [-0.4, -0.2) is 14.5 Å². The predicted molar refractivity (Wildman–Crippen MR) is 57.5 cm³/mol. The fourth-order valence-corrected chi connectivity index (χ4v) is 1.50. The van der Waals surface area contributed by atoms with Crippen LogP contribution >= 0.6 is 12.6 Å². The van der Waals surface area contributed by atoms with Crippen molar-refractivity contribution >= 4 is 18.4 Å². The lowest BCUT2D eigenvalue weighted by Crippen LogP contribution is -1.91. The summed E-state index contributed by atoms with van der Waals surface area (Å²) in [6.45, 7) is 0. The molecule has 0 saturated heterocycles. The van der Waals surface area contributed by atoms with Crippen LogP contribution in [0.25, 0.3) is 5.69 Å². The van der Waals surface area contributed by atoms with Crippen molar-refractivity contribution in [2.24, 2.45) is 0 Å².